The normalized spacial score (nSPS) is 24.4. The van der Waals surface area contributed by atoms with Crippen LogP contribution in [0.2, 0.25) is 0 Å². The van der Waals surface area contributed by atoms with Crippen LogP contribution in [0.25, 0.3) is 0 Å². The van der Waals surface area contributed by atoms with E-state index in [0.29, 0.717) is 5.91 Å². The maximum Gasteiger partial charge on any atom is 0.225 e. The Morgan fingerprint density at radius 1 is 1.25 bits per heavy atom. The highest BCUT2D eigenvalue weighted by atomic mass is 79.9. The van der Waals surface area contributed by atoms with Gasteiger partial charge in [-0.05, 0) is 43.7 Å². The smallest absolute Gasteiger partial charge is 0.225 e. The Hall–Kier alpha value is -1.56. The standard InChI is InChI=1S/C22H31BrN4O/c1-24-21(25-15-22(11-12-22)18-8-4-5-9-19(18)23)26-17-10-13-27(14-17)20(28)16-6-2-3-7-16/h4-5,8-9,16-17H,2-3,6-7,10-15H2,1H3,(H2,24,25,26). The van der Waals surface area contributed by atoms with E-state index in [4.69, 9.17) is 0 Å². The van der Waals surface area contributed by atoms with E-state index in [1.807, 2.05) is 7.05 Å². The van der Waals surface area contributed by atoms with Crippen LogP contribution in [0, 0.1) is 5.92 Å². The number of rotatable bonds is 5. The second kappa shape index (κ2) is 8.44. The van der Waals surface area contributed by atoms with Gasteiger partial charge in [-0.3, -0.25) is 9.79 Å². The zero-order valence-corrected chi connectivity index (χ0v) is 18.3. The van der Waals surface area contributed by atoms with Crippen molar-refractivity contribution in [1.82, 2.24) is 15.5 Å². The molecule has 3 fully saturated rings. The quantitative estimate of drug-likeness (QED) is 0.537. The van der Waals surface area contributed by atoms with Crippen LogP contribution in [-0.2, 0) is 10.2 Å². The number of benzene rings is 1. The van der Waals surface area contributed by atoms with Crippen molar-refractivity contribution in [2.75, 3.05) is 26.7 Å². The number of hydrogen-bond donors (Lipinski definition) is 2. The summed E-state index contributed by atoms with van der Waals surface area (Å²) in [5.41, 5.74) is 1.59. The van der Waals surface area contributed by atoms with Crippen LogP contribution in [0.4, 0.5) is 0 Å². The summed E-state index contributed by atoms with van der Waals surface area (Å²) in [6.45, 7) is 2.54. The topological polar surface area (TPSA) is 56.7 Å². The fourth-order valence-electron chi connectivity index (χ4n) is 4.73. The lowest BCUT2D eigenvalue weighted by Crippen LogP contribution is -2.47. The highest BCUT2D eigenvalue weighted by Crippen LogP contribution is 2.49. The van der Waals surface area contributed by atoms with Crippen LogP contribution in [0.1, 0.15) is 50.5 Å². The molecule has 1 aromatic rings. The minimum Gasteiger partial charge on any atom is -0.356 e. The zero-order valence-electron chi connectivity index (χ0n) is 16.7. The third-order valence-electron chi connectivity index (χ3n) is 6.66. The van der Waals surface area contributed by atoms with E-state index >= 15 is 0 Å². The van der Waals surface area contributed by atoms with Crippen molar-refractivity contribution < 1.29 is 4.79 Å². The first-order chi connectivity index (χ1) is 13.6. The molecule has 0 bridgehead atoms. The number of halogens is 1. The Kier molecular flexibility index (Phi) is 5.95. The van der Waals surface area contributed by atoms with Crippen molar-refractivity contribution in [3.8, 4) is 0 Å². The summed E-state index contributed by atoms with van der Waals surface area (Å²) in [6.07, 6.45) is 7.97. The Labute approximate surface area is 176 Å². The predicted octanol–water partition coefficient (Wildman–Crippen LogP) is 3.44. The number of carbonyl (C=O) groups excluding carboxylic acids is 1. The molecule has 1 heterocycles. The number of carbonyl (C=O) groups is 1. The molecule has 3 aliphatic rings. The van der Waals surface area contributed by atoms with Gasteiger partial charge in [-0.2, -0.15) is 0 Å². The molecule has 1 aromatic carbocycles. The van der Waals surface area contributed by atoms with Crippen LogP contribution in [0.3, 0.4) is 0 Å². The van der Waals surface area contributed by atoms with Gasteiger partial charge in [0, 0.05) is 48.5 Å². The number of nitrogens with zero attached hydrogens (tertiary/aromatic N) is 2. The monoisotopic (exact) mass is 446 g/mol. The second-order valence-corrected chi connectivity index (χ2v) is 9.44. The Morgan fingerprint density at radius 2 is 2.00 bits per heavy atom. The molecule has 1 amide bonds. The average Bonchev–Trinajstić information content (AvgIpc) is 3.11. The highest BCUT2D eigenvalue weighted by molar-refractivity contribution is 9.10. The van der Waals surface area contributed by atoms with Gasteiger partial charge in [0.15, 0.2) is 5.96 Å². The Morgan fingerprint density at radius 3 is 2.68 bits per heavy atom. The largest absolute Gasteiger partial charge is 0.356 e. The van der Waals surface area contributed by atoms with Crippen LogP contribution in [-0.4, -0.2) is 49.5 Å². The number of nitrogens with one attached hydrogen (secondary N) is 2. The summed E-state index contributed by atoms with van der Waals surface area (Å²) < 4.78 is 1.19. The van der Waals surface area contributed by atoms with Gasteiger partial charge in [0.25, 0.3) is 0 Å². The maximum atomic E-state index is 12.7. The van der Waals surface area contributed by atoms with Crippen molar-refractivity contribution in [2.45, 2.75) is 56.4 Å². The van der Waals surface area contributed by atoms with Crippen molar-refractivity contribution >= 4 is 27.8 Å². The van der Waals surface area contributed by atoms with E-state index in [1.54, 1.807) is 0 Å². The number of amides is 1. The summed E-state index contributed by atoms with van der Waals surface area (Å²) >= 11 is 3.70. The average molecular weight is 447 g/mol. The summed E-state index contributed by atoms with van der Waals surface area (Å²) in [5, 5.41) is 7.08. The first-order valence-corrected chi connectivity index (χ1v) is 11.4. The molecule has 2 aliphatic carbocycles. The summed E-state index contributed by atoms with van der Waals surface area (Å²) in [6, 6.07) is 8.81. The first kappa shape index (κ1) is 19.7. The molecule has 1 saturated heterocycles. The molecule has 0 spiro atoms. The molecule has 0 aromatic heterocycles. The molecule has 4 rings (SSSR count). The number of aliphatic imine (C=N–C) groups is 1. The van der Waals surface area contributed by atoms with Crippen molar-refractivity contribution in [3.63, 3.8) is 0 Å². The maximum absolute atomic E-state index is 12.7. The lowest BCUT2D eigenvalue weighted by molar-refractivity contribution is -0.134. The Bertz CT molecular complexity index is 740. The second-order valence-electron chi connectivity index (χ2n) is 8.58. The molecule has 6 heteroatoms. The molecule has 5 nitrogen and oxygen atoms in total. The van der Waals surface area contributed by atoms with Gasteiger partial charge >= 0.3 is 0 Å². The van der Waals surface area contributed by atoms with E-state index in [0.717, 1.165) is 44.9 Å². The fraction of sp³-hybridized carbons (Fsp3) is 0.636. The molecule has 2 saturated carbocycles. The van der Waals surface area contributed by atoms with Crippen LogP contribution < -0.4 is 10.6 Å². The lowest BCUT2D eigenvalue weighted by atomic mass is 9.96. The van der Waals surface area contributed by atoms with Crippen molar-refractivity contribution in [1.29, 1.82) is 0 Å². The number of guanidine groups is 1. The fourth-order valence-corrected chi connectivity index (χ4v) is 5.44. The van der Waals surface area contributed by atoms with Gasteiger partial charge in [0.05, 0.1) is 0 Å². The third kappa shape index (κ3) is 4.22. The Balaban J connectivity index is 1.29. The van der Waals surface area contributed by atoms with Crippen LogP contribution >= 0.6 is 15.9 Å². The molecular weight excluding hydrogens is 416 g/mol. The number of likely N-dealkylation sites (tertiary alicyclic amines) is 1. The van der Waals surface area contributed by atoms with Gasteiger partial charge < -0.3 is 15.5 Å². The molecule has 0 radical (unpaired) electrons. The van der Waals surface area contributed by atoms with Gasteiger partial charge in [0.1, 0.15) is 0 Å². The third-order valence-corrected chi connectivity index (χ3v) is 7.35. The molecular formula is C22H31BrN4O. The van der Waals surface area contributed by atoms with E-state index in [2.05, 4.69) is 60.7 Å². The van der Waals surface area contributed by atoms with E-state index < -0.39 is 0 Å². The minimum absolute atomic E-state index is 0.206. The van der Waals surface area contributed by atoms with Gasteiger partial charge in [-0.1, -0.05) is 47.0 Å². The van der Waals surface area contributed by atoms with Crippen LogP contribution in [0.5, 0.6) is 0 Å². The molecule has 1 unspecified atom stereocenters. The highest BCUT2D eigenvalue weighted by Gasteiger charge is 2.45. The summed E-state index contributed by atoms with van der Waals surface area (Å²) in [5.74, 6) is 1.49. The lowest BCUT2D eigenvalue weighted by Gasteiger charge is -2.23. The number of hydrogen-bond acceptors (Lipinski definition) is 2. The molecule has 2 N–H and O–H groups in total. The van der Waals surface area contributed by atoms with Gasteiger partial charge in [-0.25, -0.2) is 0 Å². The first-order valence-electron chi connectivity index (χ1n) is 10.6. The summed E-state index contributed by atoms with van der Waals surface area (Å²) in [7, 11) is 1.82. The predicted molar refractivity (Wildman–Crippen MR) is 116 cm³/mol. The SMILES string of the molecule is CN=C(NCC1(c2ccccc2Br)CC1)NC1CCN(C(=O)C2CCCC2)C1. The van der Waals surface area contributed by atoms with Crippen LogP contribution in [0.15, 0.2) is 33.7 Å². The van der Waals surface area contributed by atoms with Crippen molar-refractivity contribution in [3.05, 3.63) is 34.3 Å². The van der Waals surface area contributed by atoms with E-state index in [9.17, 15) is 4.79 Å². The molecule has 1 atom stereocenters. The molecule has 152 valence electrons. The van der Waals surface area contributed by atoms with Gasteiger partial charge in [0.2, 0.25) is 5.91 Å². The molecule has 28 heavy (non-hydrogen) atoms. The van der Waals surface area contributed by atoms with E-state index in [-0.39, 0.29) is 17.4 Å². The molecule has 1 aliphatic heterocycles. The summed E-state index contributed by atoms with van der Waals surface area (Å²) in [4.78, 5) is 19.1. The van der Waals surface area contributed by atoms with Crippen molar-refractivity contribution in [2.24, 2.45) is 10.9 Å². The van der Waals surface area contributed by atoms with E-state index in [1.165, 1.54) is 35.7 Å². The zero-order chi connectivity index (χ0) is 19.6. The minimum atomic E-state index is 0.206. The van der Waals surface area contributed by atoms with Gasteiger partial charge in [-0.15, -0.1) is 0 Å².